The molecule has 0 amide bonds. The lowest BCUT2D eigenvalue weighted by atomic mass is 9.87. The molecule has 11 rings (SSSR count). The summed E-state index contributed by atoms with van der Waals surface area (Å²) in [4.78, 5) is 3.56. The van der Waals surface area contributed by atoms with Gasteiger partial charge >= 0.3 is 6.18 Å². The van der Waals surface area contributed by atoms with Crippen molar-refractivity contribution in [1.29, 1.82) is 10.5 Å². The number of aromatic nitrogens is 2. The average Bonchev–Trinajstić information content (AvgIpc) is 3.87. The van der Waals surface area contributed by atoms with Crippen LogP contribution in [0.5, 0.6) is 0 Å². The van der Waals surface area contributed by atoms with Crippen LogP contribution in [0.2, 0.25) is 0 Å². The highest BCUT2D eigenvalue weighted by Crippen LogP contribution is 2.48. The lowest BCUT2D eigenvalue weighted by Crippen LogP contribution is -2.07. The molecule has 2 aromatic heterocycles. The van der Waals surface area contributed by atoms with Crippen molar-refractivity contribution in [2.75, 3.05) is 0 Å². The first kappa shape index (κ1) is 40.6. The molecule has 0 bridgehead atoms. The second-order valence-corrected chi connectivity index (χ2v) is 16.6. The quantitative estimate of drug-likeness (QED) is 0.156. The van der Waals surface area contributed by atoms with Crippen molar-refractivity contribution in [2.45, 2.75) is 13.1 Å². The van der Waals surface area contributed by atoms with E-state index in [2.05, 4.69) is 86.8 Å². The molecule has 0 atom stereocenters. The largest absolute Gasteiger partial charge is 0.416 e. The maximum atomic E-state index is 14.2. The molecule has 0 aliphatic heterocycles. The van der Waals surface area contributed by atoms with Gasteiger partial charge in [-0.2, -0.15) is 23.7 Å². The first-order valence-electron chi connectivity index (χ1n) is 21.6. The van der Waals surface area contributed by atoms with E-state index in [0.717, 1.165) is 83.3 Å². The van der Waals surface area contributed by atoms with Crippen LogP contribution in [0.15, 0.2) is 188 Å². The molecule has 316 valence electrons. The molecule has 8 heteroatoms. The van der Waals surface area contributed by atoms with Crippen molar-refractivity contribution in [2.24, 2.45) is 0 Å². The maximum Gasteiger partial charge on any atom is 0.416 e. The molecule has 0 radical (unpaired) electrons. The summed E-state index contributed by atoms with van der Waals surface area (Å²) in [5.74, 6) is 0. The fraction of sp³-hybridized carbons (Fsp3) is 0.0339. The third kappa shape index (κ3) is 6.69. The molecule has 0 N–H and O–H groups in total. The summed E-state index contributed by atoms with van der Waals surface area (Å²) in [6.45, 7) is 9.14. The number of fused-ring (bicyclic) bond motifs is 6. The summed E-state index contributed by atoms with van der Waals surface area (Å²) < 4.78 is 47.0. The van der Waals surface area contributed by atoms with Gasteiger partial charge < -0.3 is 9.13 Å². The molecule has 67 heavy (non-hydrogen) atoms. The third-order valence-electron chi connectivity index (χ3n) is 12.8. The van der Waals surface area contributed by atoms with E-state index in [-0.39, 0.29) is 0 Å². The van der Waals surface area contributed by atoms with Gasteiger partial charge in [0.05, 0.1) is 68.8 Å². The Labute approximate surface area is 383 Å². The van der Waals surface area contributed by atoms with E-state index in [9.17, 15) is 23.7 Å². The molecular formula is C59H34F3N5. The molecule has 0 aliphatic rings. The van der Waals surface area contributed by atoms with Crippen molar-refractivity contribution >= 4 is 49.3 Å². The number of rotatable bonds is 6. The van der Waals surface area contributed by atoms with Crippen LogP contribution in [0.25, 0.3) is 104 Å². The van der Waals surface area contributed by atoms with Crippen LogP contribution in [0.4, 0.5) is 18.9 Å². The fourth-order valence-electron chi connectivity index (χ4n) is 9.73. The number of hydrogen-bond donors (Lipinski definition) is 0. The number of alkyl halides is 3. The first-order chi connectivity index (χ1) is 32.6. The Morgan fingerprint density at radius 3 is 1.54 bits per heavy atom. The molecule has 0 spiro atoms. The predicted octanol–water partition coefficient (Wildman–Crippen LogP) is 16.2. The smallest absolute Gasteiger partial charge is 0.309 e. The summed E-state index contributed by atoms with van der Waals surface area (Å²) in [7, 11) is 0. The standard InChI is InChI=1S/C59H34F3N5/c1-36-31-43(59(60,61)62)25-28-45(36)48-12-8-16-56(67-52-14-6-4-11-47(52)50-32-40(23-30-54(50)67)38-19-17-37(34-63)18-20-38)58(48)57-42(35-64)9-7-15-55(57)66-51-13-5-3-10-46(51)49-33-41(24-29-53(49)66)39-21-26-44(65-2)27-22-39/h3-33H,1H3. The van der Waals surface area contributed by atoms with E-state index in [1.807, 2.05) is 91.0 Å². The van der Waals surface area contributed by atoms with E-state index in [1.165, 1.54) is 12.1 Å². The lowest BCUT2D eigenvalue weighted by Gasteiger charge is -2.23. The van der Waals surface area contributed by atoms with Gasteiger partial charge in [0.25, 0.3) is 0 Å². The van der Waals surface area contributed by atoms with Gasteiger partial charge in [-0.1, -0.05) is 109 Å². The van der Waals surface area contributed by atoms with Gasteiger partial charge in [-0.05, 0) is 125 Å². The van der Waals surface area contributed by atoms with E-state index >= 15 is 0 Å². The molecule has 2 heterocycles. The Kier molecular flexibility index (Phi) is 9.59. The first-order valence-corrected chi connectivity index (χ1v) is 21.6. The van der Waals surface area contributed by atoms with Crippen LogP contribution in [-0.4, -0.2) is 9.13 Å². The summed E-state index contributed by atoms with van der Waals surface area (Å²) in [6.07, 6.45) is -4.54. The topological polar surface area (TPSA) is 61.8 Å². The number of nitriles is 2. The Hall–Kier alpha value is -9.16. The summed E-state index contributed by atoms with van der Waals surface area (Å²) in [5, 5.41) is 24.6. The van der Waals surface area contributed by atoms with E-state index in [4.69, 9.17) is 6.57 Å². The summed E-state index contributed by atoms with van der Waals surface area (Å²) in [5.41, 5.74) is 12.7. The van der Waals surface area contributed by atoms with Crippen LogP contribution in [-0.2, 0) is 6.18 Å². The molecule has 5 nitrogen and oxygen atoms in total. The van der Waals surface area contributed by atoms with Gasteiger partial charge in [0.1, 0.15) is 0 Å². The SMILES string of the molecule is [C-]#[N+]c1ccc(-c2ccc3c(c2)c2ccccc2n3-c2cccc(C#N)c2-c2c(-c3ccc(C(F)(F)F)cc3C)cccc2-n2c3ccccc3c3cc(-c4ccc(C#N)cc4)ccc32)cc1. The van der Waals surface area contributed by atoms with E-state index in [0.29, 0.717) is 44.6 Å². The minimum absolute atomic E-state index is 0.391. The monoisotopic (exact) mass is 869 g/mol. The predicted molar refractivity (Wildman–Crippen MR) is 262 cm³/mol. The molecule has 0 saturated carbocycles. The number of para-hydroxylation sites is 2. The molecule has 0 aliphatic carbocycles. The molecule has 0 saturated heterocycles. The van der Waals surface area contributed by atoms with Gasteiger partial charge in [0.2, 0.25) is 0 Å². The van der Waals surface area contributed by atoms with Gasteiger partial charge in [-0.3, -0.25) is 0 Å². The van der Waals surface area contributed by atoms with Gasteiger partial charge in [0.15, 0.2) is 5.69 Å². The normalized spacial score (nSPS) is 11.5. The van der Waals surface area contributed by atoms with Crippen molar-refractivity contribution in [3.05, 3.63) is 222 Å². The second-order valence-electron chi connectivity index (χ2n) is 16.6. The van der Waals surface area contributed by atoms with Crippen LogP contribution in [0.1, 0.15) is 22.3 Å². The minimum atomic E-state index is -4.54. The lowest BCUT2D eigenvalue weighted by molar-refractivity contribution is -0.137. The van der Waals surface area contributed by atoms with Crippen LogP contribution in [0, 0.1) is 36.2 Å². The summed E-state index contributed by atoms with van der Waals surface area (Å²) in [6, 6.07) is 64.0. The Balaban J connectivity index is 1.23. The zero-order valence-corrected chi connectivity index (χ0v) is 35.8. The van der Waals surface area contributed by atoms with Crippen LogP contribution in [0.3, 0.4) is 0 Å². The highest BCUT2D eigenvalue weighted by molar-refractivity contribution is 6.13. The molecule has 9 aromatic carbocycles. The van der Waals surface area contributed by atoms with Crippen LogP contribution < -0.4 is 0 Å². The van der Waals surface area contributed by atoms with Crippen molar-refractivity contribution < 1.29 is 13.2 Å². The highest BCUT2D eigenvalue weighted by Gasteiger charge is 2.32. The number of benzene rings is 9. The summed E-state index contributed by atoms with van der Waals surface area (Å²) >= 11 is 0. The van der Waals surface area contributed by atoms with Crippen LogP contribution >= 0.6 is 0 Å². The molecule has 0 unspecified atom stereocenters. The van der Waals surface area contributed by atoms with E-state index < -0.39 is 11.7 Å². The van der Waals surface area contributed by atoms with Crippen molar-refractivity contribution in [3.63, 3.8) is 0 Å². The number of hydrogen-bond acceptors (Lipinski definition) is 2. The second kappa shape index (κ2) is 15.8. The number of aryl methyl sites for hydroxylation is 1. The Morgan fingerprint density at radius 1 is 0.478 bits per heavy atom. The maximum absolute atomic E-state index is 14.2. The fourth-order valence-corrected chi connectivity index (χ4v) is 9.73. The highest BCUT2D eigenvalue weighted by atomic mass is 19.4. The van der Waals surface area contributed by atoms with Crippen molar-refractivity contribution in [3.8, 4) is 68.0 Å². The van der Waals surface area contributed by atoms with Crippen molar-refractivity contribution in [1.82, 2.24) is 9.13 Å². The zero-order valence-electron chi connectivity index (χ0n) is 35.8. The Bertz CT molecular complexity index is 3950. The van der Waals surface area contributed by atoms with Gasteiger partial charge in [-0.15, -0.1) is 0 Å². The molecular weight excluding hydrogens is 836 g/mol. The van der Waals surface area contributed by atoms with E-state index in [1.54, 1.807) is 25.1 Å². The zero-order chi connectivity index (χ0) is 46.0. The number of halogens is 3. The molecule has 0 fully saturated rings. The van der Waals surface area contributed by atoms with Gasteiger partial charge in [-0.25, -0.2) is 4.85 Å². The third-order valence-corrected chi connectivity index (χ3v) is 12.8. The van der Waals surface area contributed by atoms with Gasteiger partial charge in [0, 0.05) is 32.7 Å². The minimum Gasteiger partial charge on any atom is -0.309 e. The average molecular weight is 870 g/mol. The Morgan fingerprint density at radius 2 is 1.00 bits per heavy atom. The molecule has 11 aromatic rings. The number of nitrogens with zero attached hydrogens (tertiary/aromatic N) is 5.